The Labute approximate surface area is 169 Å². The van der Waals surface area contributed by atoms with Crippen molar-refractivity contribution < 1.29 is 14.3 Å². The van der Waals surface area contributed by atoms with Gasteiger partial charge in [-0.15, -0.1) is 0 Å². The molecule has 0 spiro atoms. The average Bonchev–Trinajstić information content (AvgIpc) is 2.70. The molecule has 0 saturated carbocycles. The fourth-order valence-corrected chi connectivity index (χ4v) is 2.70. The third-order valence-corrected chi connectivity index (χ3v) is 3.92. The maximum absolute atomic E-state index is 12.8. The highest BCUT2D eigenvalue weighted by Gasteiger charge is 2.13. The molecule has 2 aromatic carbocycles. The topological polar surface area (TPSA) is 92.3 Å². The van der Waals surface area contributed by atoms with Gasteiger partial charge < -0.3 is 20.7 Å². The first-order valence-electron chi connectivity index (χ1n) is 9.19. The minimum absolute atomic E-state index is 0.178. The molecule has 0 saturated heterocycles. The minimum Gasteiger partial charge on any atom is -0.494 e. The molecular formula is C22H22N4O3. The Balaban J connectivity index is 1.75. The molecule has 0 aliphatic heterocycles. The van der Waals surface area contributed by atoms with E-state index in [9.17, 15) is 9.59 Å². The van der Waals surface area contributed by atoms with Gasteiger partial charge in [0.05, 0.1) is 12.2 Å². The van der Waals surface area contributed by atoms with Crippen LogP contribution < -0.4 is 20.7 Å². The molecule has 0 bridgehead atoms. The second kappa shape index (κ2) is 9.36. The lowest BCUT2D eigenvalue weighted by molar-refractivity contribution is -0.114. The molecule has 29 heavy (non-hydrogen) atoms. The summed E-state index contributed by atoms with van der Waals surface area (Å²) < 4.78 is 5.44. The lowest BCUT2D eigenvalue weighted by atomic mass is 10.2. The molecule has 0 fully saturated rings. The molecule has 3 aromatic rings. The van der Waals surface area contributed by atoms with Crippen molar-refractivity contribution in [3.8, 4) is 5.75 Å². The molecule has 0 radical (unpaired) electrons. The summed E-state index contributed by atoms with van der Waals surface area (Å²) in [6.45, 7) is 3.96. The minimum atomic E-state index is -0.313. The van der Waals surface area contributed by atoms with Gasteiger partial charge in [0.1, 0.15) is 11.6 Å². The molecule has 0 aliphatic carbocycles. The summed E-state index contributed by atoms with van der Waals surface area (Å²) in [5, 5.41) is 8.69. The zero-order valence-corrected chi connectivity index (χ0v) is 16.2. The first-order chi connectivity index (χ1) is 14.0. The lowest BCUT2D eigenvalue weighted by Crippen LogP contribution is -2.15. The van der Waals surface area contributed by atoms with Crippen LogP contribution in [0.1, 0.15) is 24.2 Å². The number of carbonyl (C=O) groups is 2. The molecule has 7 nitrogen and oxygen atoms in total. The molecular weight excluding hydrogens is 368 g/mol. The van der Waals surface area contributed by atoms with Gasteiger partial charge in [0.15, 0.2) is 0 Å². The molecule has 1 aromatic heterocycles. The molecule has 0 unspecified atom stereocenters. The smallest absolute Gasteiger partial charge is 0.259 e. The maximum atomic E-state index is 12.8. The van der Waals surface area contributed by atoms with Gasteiger partial charge in [-0.3, -0.25) is 9.59 Å². The Bertz CT molecular complexity index is 1000. The van der Waals surface area contributed by atoms with Crippen LogP contribution in [0.4, 0.5) is 22.9 Å². The Hall–Kier alpha value is -3.87. The van der Waals surface area contributed by atoms with Crippen molar-refractivity contribution in [3.63, 3.8) is 0 Å². The largest absolute Gasteiger partial charge is 0.494 e. The fraction of sp³-hybridized carbons (Fsp3) is 0.136. The van der Waals surface area contributed by atoms with Gasteiger partial charge in [0.25, 0.3) is 5.91 Å². The van der Waals surface area contributed by atoms with Crippen molar-refractivity contribution in [1.29, 1.82) is 0 Å². The van der Waals surface area contributed by atoms with E-state index in [-0.39, 0.29) is 11.8 Å². The van der Waals surface area contributed by atoms with Crippen LogP contribution in [0.5, 0.6) is 5.75 Å². The van der Waals surface area contributed by atoms with Crippen LogP contribution >= 0.6 is 0 Å². The van der Waals surface area contributed by atoms with Crippen molar-refractivity contribution in [2.24, 2.45) is 0 Å². The van der Waals surface area contributed by atoms with Crippen LogP contribution in [0.25, 0.3) is 0 Å². The van der Waals surface area contributed by atoms with E-state index < -0.39 is 0 Å². The quantitative estimate of drug-likeness (QED) is 0.555. The number of pyridine rings is 1. The van der Waals surface area contributed by atoms with Crippen molar-refractivity contribution in [2.75, 3.05) is 22.6 Å². The van der Waals surface area contributed by atoms with E-state index in [4.69, 9.17) is 4.74 Å². The van der Waals surface area contributed by atoms with Crippen molar-refractivity contribution in [1.82, 2.24) is 4.98 Å². The van der Waals surface area contributed by atoms with Crippen LogP contribution in [0.3, 0.4) is 0 Å². The molecule has 7 heteroatoms. The highest BCUT2D eigenvalue weighted by atomic mass is 16.5. The SMILES string of the molecule is CCOc1ccc(Nc2ncccc2C(=O)Nc2cccc(NC(C)=O)c2)cc1. The second-order valence-electron chi connectivity index (χ2n) is 6.20. The third-order valence-electron chi connectivity index (χ3n) is 3.92. The van der Waals surface area contributed by atoms with Gasteiger partial charge >= 0.3 is 0 Å². The van der Waals surface area contributed by atoms with Gasteiger partial charge in [0.2, 0.25) is 5.91 Å². The molecule has 2 amide bonds. The van der Waals surface area contributed by atoms with Crippen LogP contribution in [-0.4, -0.2) is 23.4 Å². The van der Waals surface area contributed by atoms with Crippen molar-refractivity contribution >= 4 is 34.7 Å². The fourth-order valence-electron chi connectivity index (χ4n) is 2.70. The highest BCUT2D eigenvalue weighted by Crippen LogP contribution is 2.23. The number of rotatable bonds is 7. The number of hydrogen-bond acceptors (Lipinski definition) is 5. The Morgan fingerprint density at radius 2 is 1.66 bits per heavy atom. The number of carbonyl (C=O) groups excluding carboxylic acids is 2. The predicted molar refractivity (Wildman–Crippen MR) is 114 cm³/mol. The Morgan fingerprint density at radius 3 is 2.34 bits per heavy atom. The van der Waals surface area contributed by atoms with E-state index in [0.29, 0.717) is 29.4 Å². The van der Waals surface area contributed by atoms with E-state index in [1.54, 1.807) is 42.6 Å². The average molecular weight is 390 g/mol. The summed E-state index contributed by atoms with van der Waals surface area (Å²) in [6, 6.07) is 17.8. The summed E-state index contributed by atoms with van der Waals surface area (Å²) in [5.41, 5.74) is 2.35. The Kier molecular flexibility index (Phi) is 6.42. The zero-order valence-electron chi connectivity index (χ0n) is 16.2. The van der Waals surface area contributed by atoms with Gasteiger partial charge in [-0.2, -0.15) is 0 Å². The first kappa shape index (κ1) is 19.9. The Morgan fingerprint density at radius 1 is 0.931 bits per heavy atom. The first-order valence-corrected chi connectivity index (χ1v) is 9.19. The standard InChI is InChI=1S/C22H22N4O3/c1-3-29-19-11-9-16(10-12-19)25-21-20(8-5-13-23-21)22(28)26-18-7-4-6-17(14-18)24-15(2)27/h4-14H,3H2,1-2H3,(H,23,25)(H,24,27)(H,26,28). The number of aromatic nitrogens is 1. The molecule has 0 aliphatic rings. The number of hydrogen-bond donors (Lipinski definition) is 3. The molecule has 0 atom stereocenters. The number of amides is 2. The van der Waals surface area contributed by atoms with Crippen LogP contribution in [0, 0.1) is 0 Å². The third kappa shape index (κ3) is 5.55. The number of ether oxygens (including phenoxy) is 1. The maximum Gasteiger partial charge on any atom is 0.259 e. The van der Waals surface area contributed by atoms with Gasteiger partial charge in [-0.25, -0.2) is 4.98 Å². The highest BCUT2D eigenvalue weighted by molar-refractivity contribution is 6.08. The summed E-state index contributed by atoms with van der Waals surface area (Å²) in [6.07, 6.45) is 1.62. The molecule has 3 N–H and O–H groups in total. The second-order valence-corrected chi connectivity index (χ2v) is 6.20. The summed E-state index contributed by atoms with van der Waals surface area (Å²) in [4.78, 5) is 28.3. The molecule has 1 heterocycles. The number of benzene rings is 2. The lowest BCUT2D eigenvalue weighted by Gasteiger charge is -2.12. The van der Waals surface area contributed by atoms with Crippen molar-refractivity contribution in [2.45, 2.75) is 13.8 Å². The predicted octanol–water partition coefficient (Wildman–Crippen LogP) is 4.43. The zero-order chi connectivity index (χ0) is 20.6. The summed E-state index contributed by atoms with van der Waals surface area (Å²) in [5.74, 6) is 0.720. The number of nitrogens with one attached hydrogen (secondary N) is 3. The van der Waals surface area contributed by atoms with Crippen LogP contribution in [0.2, 0.25) is 0 Å². The van der Waals surface area contributed by atoms with E-state index in [1.807, 2.05) is 31.2 Å². The number of nitrogens with zero attached hydrogens (tertiary/aromatic N) is 1. The van der Waals surface area contributed by atoms with Crippen LogP contribution in [-0.2, 0) is 4.79 Å². The van der Waals surface area contributed by atoms with Crippen molar-refractivity contribution in [3.05, 3.63) is 72.4 Å². The van der Waals surface area contributed by atoms with Gasteiger partial charge in [-0.1, -0.05) is 6.07 Å². The molecule has 3 rings (SSSR count). The van der Waals surface area contributed by atoms with Crippen LogP contribution in [0.15, 0.2) is 66.9 Å². The van der Waals surface area contributed by atoms with E-state index >= 15 is 0 Å². The van der Waals surface area contributed by atoms with Gasteiger partial charge in [0, 0.05) is 30.2 Å². The monoisotopic (exact) mass is 390 g/mol. The normalized spacial score (nSPS) is 10.1. The number of anilines is 4. The molecule has 148 valence electrons. The summed E-state index contributed by atoms with van der Waals surface area (Å²) >= 11 is 0. The summed E-state index contributed by atoms with van der Waals surface area (Å²) in [7, 11) is 0. The van der Waals surface area contributed by atoms with E-state index in [1.165, 1.54) is 6.92 Å². The van der Waals surface area contributed by atoms with E-state index in [2.05, 4.69) is 20.9 Å². The van der Waals surface area contributed by atoms with Gasteiger partial charge in [-0.05, 0) is 61.5 Å². The van der Waals surface area contributed by atoms with E-state index in [0.717, 1.165) is 11.4 Å².